The summed E-state index contributed by atoms with van der Waals surface area (Å²) >= 11 is 0. The summed E-state index contributed by atoms with van der Waals surface area (Å²) in [5.74, 6) is 0.500. The van der Waals surface area contributed by atoms with Crippen LogP contribution in [0.4, 0.5) is 4.39 Å². The minimum Gasteiger partial charge on any atom is -0.319 e. The molecule has 0 aliphatic carbocycles. The fraction of sp³-hybridized carbons (Fsp3) is 0.625. The number of hydrogen-bond acceptors (Lipinski definition) is 2. The molecular weight excluding hydrogens is 239 g/mol. The third-order valence-corrected chi connectivity index (χ3v) is 4.22. The molecule has 106 valence electrons. The van der Waals surface area contributed by atoms with E-state index in [1.165, 1.54) is 12.0 Å². The molecule has 1 heterocycles. The molecule has 0 saturated carbocycles. The smallest absolute Gasteiger partial charge is 0.126 e. The van der Waals surface area contributed by atoms with Gasteiger partial charge in [0.25, 0.3) is 0 Å². The van der Waals surface area contributed by atoms with Crippen molar-refractivity contribution < 1.29 is 4.39 Å². The Morgan fingerprint density at radius 3 is 2.74 bits per heavy atom. The Morgan fingerprint density at radius 1 is 1.42 bits per heavy atom. The highest BCUT2D eigenvalue weighted by molar-refractivity contribution is 5.28. The first-order valence-electron chi connectivity index (χ1n) is 7.21. The van der Waals surface area contributed by atoms with Crippen molar-refractivity contribution in [3.63, 3.8) is 0 Å². The van der Waals surface area contributed by atoms with Crippen LogP contribution in [-0.2, 0) is 0 Å². The SMILES string of the molecule is CNCC1CCN(C(C)C)C1c1ccc(F)c(C)c1. The van der Waals surface area contributed by atoms with E-state index in [-0.39, 0.29) is 5.82 Å². The second kappa shape index (κ2) is 6.02. The molecule has 0 aromatic heterocycles. The van der Waals surface area contributed by atoms with Gasteiger partial charge in [0.15, 0.2) is 0 Å². The Bertz CT molecular complexity index is 431. The molecule has 2 unspecified atom stereocenters. The van der Waals surface area contributed by atoms with Gasteiger partial charge in [0.1, 0.15) is 5.82 Å². The summed E-state index contributed by atoms with van der Waals surface area (Å²) in [5, 5.41) is 3.29. The van der Waals surface area contributed by atoms with Gasteiger partial charge in [0.2, 0.25) is 0 Å². The van der Waals surface area contributed by atoms with Gasteiger partial charge < -0.3 is 5.32 Å². The number of nitrogens with one attached hydrogen (secondary N) is 1. The van der Waals surface area contributed by atoms with Crippen LogP contribution in [0.25, 0.3) is 0 Å². The Hall–Kier alpha value is -0.930. The lowest BCUT2D eigenvalue weighted by Gasteiger charge is -2.32. The third kappa shape index (κ3) is 2.98. The van der Waals surface area contributed by atoms with Crippen molar-refractivity contribution in [3.8, 4) is 0 Å². The Morgan fingerprint density at radius 2 is 2.16 bits per heavy atom. The number of hydrogen-bond donors (Lipinski definition) is 1. The summed E-state index contributed by atoms with van der Waals surface area (Å²) in [5.41, 5.74) is 2.00. The maximum Gasteiger partial charge on any atom is 0.126 e. The van der Waals surface area contributed by atoms with Crippen molar-refractivity contribution in [3.05, 3.63) is 35.1 Å². The first-order valence-corrected chi connectivity index (χ1v) is 7.21. The molecule has 1 aromatic carbocycles. The average molecular weight is 264 g/mol. The molecule has 1 aliphatic heterocycles. The van der Waals surface area contributed by atoms with Crippen LogP contribution in [0.5, 0.6) is 0 Å². The van der Waals surface area contributed by atoms with E-state index in [2.05, 4.69) is 24.1 Å². The zero-order valence-corrected chi connectivity index (χ0v) is 12.4. The van der Waals surface area contributed by atoms with E-state index < -0.39 is 0 Å². The monoisotopic (exact) mass is 264 g/mol. The van der Waals surface area contributed by atoms with Crippen LogP contribution < -0.4 is 5.32 Å². The van der Waals surface area contributed by atoms with Crippen LogP contribution in [0, 0.1) is 18.7 Å². The molecule has 19 heavy (non-hydrogen) atoms. The van der Waals surface area contributed by atoms with Crippen LogP contribution in [-0.4, -0.2) is 31.1 Å². The standard InChI is InChI=1S/C16H25FN2/c1-11(2)19-8-7-14(10-18-4)16(19)13-5-6-15(17)12(3)9-13/h5-6,9,11,14,16,18H,7-8,10H2,1-4H3. The number of likely N-dealkylation sites (tertiary alicyclic amines) is 1. The first-order chi connectivity index (χ1) is 9.04. The molecule has 1 N–H and O–H groups in total. The topological polar surface area (TPSA) is 15.3 Å². The van der Waals surface area contributed by atoms with Crippen LogP contribution in [0.15, 0.2) is 18.2 Å². The fourth-order valence-electron chi connectivity index (χ4n) is 3.25. The highest BCUT2D eigenvalue weighted by atomic mass is 19.1. The van der Waals surface area contributed by atoms with Crippen molar-refractivity contribution in [1.82, 2.24) is 10.2 Å². The van der Waals surface area contributed by atoms with E-state index >= 15 is 0 Å². The van der Waals surface area contributed by atoms with Crippen LogP contribution in [0.3, 0.4) is 0 Å². The Kier molecular flexibility index (Phi) is 4.58. The molecule has 0 radical (unpaired) electrons. The number of halogens is 1. The summed E-state index contributed by atoms with van der Waals surface area (Å²) in [7, 11) is 2.00. The second-order valence-corrected chi connectivity index (χ2v) is 5.89. The Labute approximate surface area is 116 Å². The number of nitrogens with zero attached hydrogens (tertiary/aromatic N) is 1. The van der Waals surface area contributed by atoms with Gasteiger partial charge in [-0.1, -0.05) is 12.1 Å². The molecule has 0 amide bonds. The molecule has 2 nitrogen and oxygen atoms in total. The van der Waals surface area contributed by atoms with Crippen LogP contribution in [0.2, 0.25) is 0 Å². The number of benzene rings is 1. The average Bonchev–Trinajstić information content (AvgIpc) is 2.77. The van der Waals surface area contributed by atoms with E-state index in [4.69, 9.17) is 0 Å². The van der Waals surface area contributed by atoms with Gasteiger partial charge in [-0.05, 0) is 70.4 Å². The zero-order chi connectivity index (χ0) is 14.0. The lowest BCUT2D eigenvalue weighted by Crippen LogP contribution is -2.33. The highest BCUT2D eigenvalue weighted by Gasteiger charge is 2.36. The Balaban J connectivity index is 2.31. The predicted molar refractivity (Wildman–Crippen MR) is 77.8 cm³/mol. The molecule has 3 heteroatoms. The molecule has 1 aliphatic rings. The van der Waals surface area contributed by atoms with Gasteiger partial charge in [-0.25, -0.2) is 4.39 Å². The van der Waals surface area contributed by atoms with Crippen LogP contribution in [0.1, 0.15) is 37.4 Å². The van der Waals surface area contributed by atoms with Gasteiger partial charge in [0, 0.05) is 12.1 Å². The minimum absolute atomic E-state index is 0.108. The van der Waals surface area contributed by atoms with Crippen molar-refractivity contribution in [1.29, 1.82) is 0 Å². The highest BCUT2D eigenvalue weighted by Crippen LogP contribution is 2.38. The molecule has 0 spiro atoms. The summed E-state index contributed by atoms with van der Waals surface area (Å²) < 4.78 is 13.5. The number of rotatable bonds is 4. The molecule has 2 atom stereocenters. The van der Waals surface area contributed by atoms with Gasteiger partial charge >= 0.3 is 0 Å². The molecule has 2 rings (SSSR count). The first kappa shape index (κ1) is 14.5. The van der Waals surface area contributed by atoms with E-state index in [0.29, 0.717) is 18.0 Å². The molecule has 0 bridgehead atoms. The van der Waals surface area contributed by atoms with E-state index in [1.807, 2.05) is 26.1 Å². The van der Waals surface area contributed by atoms with Gasteiger partial charge in [0.05, 0.1) is 0 Å². The van der Waals surface area contributed by atoms with E-state index in [1.54, 1.807) is 6.07 Å². The molecule has 1 saturated heterocycles. The molecular formula is C16H25FN2. The fourth-order valence-corrected chi connectivity index (χ4v) is 3.25. The van der Waals surface area contributed by atoms with Crippen molar-refractivity contribution in [2.24, 2.45) is 5.92 Å². The third-order valence-electron chi connectivity index (χ3n) is 4.22. The summed E-state index contributed by atoms with van der Waals surface area (Å²) in [4.78, 5) is 2.54. The largest absolute Gasteiger partial charge is 0.319 e. The number of aryl methyl sites for hydroxylation is 1. The zero-order valence-electron chi connectivity index (χ0n) is 12.4. The van der Waals surface area contributed by atoms with E-state index in [9.17, 15) is 4.39 Å². The maximum absolute atomic E-state index is 13.5. The van der Waals surface area contributed by atoms with Crippen molar-refractivity contribution in [2.75, 3.05) is 20.1 Å². The van der Waals surface area contributed by atoms with Crippen LogP contribution >= 0.6 is 0 Å². The predicted octanol–water partition coefficient (Wildman–Crippen LogP) is 3.12. The van der Waals surface area contributed by atoms with Crippen molar-refractivity contribution >= 4 is 0 Å². The lowest BCUT2D eigenvalue weighted by atomic mass is 9.92. The summed E-state index contributed by atoms with van der Waals surface area (Å²) in [6.45, 7) is 8.48. The second-order valence-electron chi connectivity index (χ2n) is 5.89. The normalized spacial score (nSPS) is 24.3. The quantitative estimate of drug-likeness (QED) is 0.899. The molecule has 1 fully saturated rings. The molecule has 1 aromatic rings. The van der Waals surface area contributed by atoms with Gasteiger partial charge in [-0.2, -0.15) is 0 Å². The van der Waals surface area contributed by atoms with Gasteiger partial charge in [-0.3, -0.25) is 4.90 Å². The van der Waals surface area contributed by atoms with E-state index in [0.717, 1.165) is 18.7 Å². The summed E-state index contributed by atoms with van der Waals surface area (Å²) in [6.07, 6.45) is 1.21. The maximum atomic E-state index is 13.5. The van der Waals surface area contributed by atoms with Crippen molar-refractivity contribution in [2.45, 2.75) is 39.3 Å². The summed E-state index contributed by atoms with van der Waals surface area (Å²) in [6, 6.07) is 6.52. The lowest BCUT2D eigenvalue weighted by molar-refractivity contribution is 0.182. The minimum atomic E-state index is -0.108. The van der Waals surface area contributed by atoms with Gasteiger partial charge in [-0.15, -0.1) is 0 Å².